The first-order chi connectivity index (χ1) is 10.6. The van der Waals surface area contributed by atoms with E-state index in [2.05, 4.69) is 36.5 Å². The van der Waals surface area contributed by atoms with Crippen LogP contribution in [0.2, 0.25) is 0 Å². The van der Waals surface area contributed by atoms with Gasteiger partial charge in [-0.3, -0.25) is 4.79 Å². The van der Waals surface area contributed by atoms with E-state index in [0.717, 1.165) is 28.4 Å². The fourth-order valence-corrected chi connectivity index (χ4v) is 2.58. The molecule has 1 amide bonds. The Bertz CT molecular complexity index is 827. The average Bonchev–Trinajstić information content (AvgIpc) is 2.51. The van der Waals surface area contributed by atoms with E-state index in [9.17, 15) is 4.79 Å². The quantitative estimate of drug-likeness (QED) is 0.683. The van der Waals surface area contributed by atoms with E-state index in [1.807, 2.05) is 36.4 Å². The highest BCUT2D eigenvalue weighted by atomic mass is 16.1. The standard InChI is InChI=1S/C18H19N3O/c1-21(2)11-10-19-18(22)15-8-5-7-14-12-13-6-3-4-9-16(13)20-17(14)15/h3-9,12H,10-11H2,1-2H3,(H,19,22)/p+2. The second-order valence-corrected chi connectivity index (χ2v) is 5.84. The number of aromatic nitrogens is 1. The van der Waals surface area contributed by atoms with Crippen LogP contribution in [0.1, 0.15) is 10.4 Å². The Morgan fingerprint density at radius 2 is 1.86 bits per heavy atom. The predicted molar refractivity (Wildman–Crippen MR) is 88.0 cm³/mol. The van der Waals surface area contributed by atoms with Crippen LogP contribution in [-0.2, 0) is 0 Å². The van der Waals surface area contributed by atoms with Crippen molar-refractivity contribution in [2.75, 3.05) is 27.2 Å². The van der Waals surface area contributed by atoms with Gasteiger partial charge in [0.15, 0.2) is 0 Å². The summed E-state index contributed by atoms with van der Waals surface area (Å²) in [6.07, 6.45) is 0. The van der Waals surface area contributed by atoms with Crippen molar-refractivity contribution >= 4 is 27.7 Å². The first-order valence-electron chi connectivity index (χ1n) is 7.56. The van der Waals surface area contributed by atoms with Crippen LogP contribution in [0.4, 0.5) is 0 Å². The molecule has 3 rings (SSSR count). The molecule has 0 aliphatic carbocycles. The van der Waals surface area contributed by atoms with Gasteiger partial charge in [-0.2, -0.15) is 0 Å². The van der Waals surface area contributed by atoms with Gasteiger partial charge in [0.2, 0.25) is 11.0 Å². The normalized spacial score (nSPS) is 11.2. The molecule has 0 saturated carbocycles. The first-order valence-corrected chi connectivity index (χ1v) is 7.56. The molecule has 0 aliphatic heterocycles. The molecule has 4 nitrogen and oxygen atoms in total. The number of quaternary nitrogens is 1. The molecule has 0 spiro atoms. The molecule has 0 bridgehead atoms. The molecule has 0 unspecified atom stereocenters. The Morgan fingerprint density at radius 1 is 1.09 bits per heavy atom. The molecule has 0 radical (unpaired) electrons. The van der Waals surface area contributed by atoms with Crippen molar-refractivity contribution in [2.45, 2.75) is 0 Å². The second-order valence-electron chi connectivity index (χ2n) is 5.84. The number of nitrogens with one attached hydrogen (secondary N) is 3. The Labute approximate surface area is 129 Å². The van der Waals surface area contributed by atoms with E-state index in [4.69, 9.17) is 0 Å². The van der Waals surface area contributed by atoms with E-state index in [1.165, 1.54) is 4.90 Å². The molecule has 0 aliphatic rings. The number of carbonyl (C=O) groups is 1. The molecule has 3 N–H and O–H groups in total. The highest BCUT2D eigenvalue weighted by Gasteiger charge is 2.16. The van der Waals surface area contributed by atoms with E-state index in [-0.39, 0.29) is 5.91 Å². The average molecular weight is 295 g/mol. The minimum atomic E-state index is -0.0293. The highest BCUT2D eigenvalue weighted by molar-refractivity contribution is 6.05. The minimum absolute atomic E-state index is 0.0293. The van der Waals surface area contributed by atoms with Crippen LogP contribution in [0.5, 0.6) is 0 Å². The van der Waals surface area contributed by atoms with Crippen LogP contribution in [0.3, 0.4) is 0 Å². The van der Waals surface area contributed by atoms with Gasteiger partial charge < -0.3 is 10.2 Å². The fraction of sp³-hybridized carbons (Fsp3) is 0.222. The number of rotatable bonds is 4. The lowest BCUT2D eigenvalue weighted by Crippen LogP contribution is -3.06. The molecular formula is C18H21N3O+2. The van der Waals surface area contributed by atoms with E-state index < -0.39 is 0 Å². The summed E-state index contributed by atoms with van der Waals surface area (Å²) in [5.74, 6) is -0.0293. The largest absolute Gasteiger partial charge is 0.346 e. The summed E-state index contributed by atoms with van der Waals surface area (Å²) in [7, 11) is 4.15. The lowest BCUT2D eigenvalue weighted by Gasteiger charge is -2.08. The number of pyridine rings is 1. The summed E-state index contributed by atoms with van der Waals surface area (Å²) in [6.45, 7) is 1.58. The molecule has 4 heteroatoms. The van der Waals surface area contributed by atoms with Crippen molar-refractivity contribution in [3.05, 3.63) is 54.1 Å². The summed E-state index contributed by atoms with van der Waals surface area (Å²) in [6, 6.07) is 16.0. The van der Waals surface area contributed by atoms with E-state index in [1.54, 1.807) is 0 Å². The van der Waals surface area contributed by atoms with Crippen LogP contribution in [0, 0.1) is 0 Å². The number of aromatic amines is 1. The van der Waals surface area contributed by atoms with Gasteiger partial charge in [-0.05, 0) is 24.3 Å². The van der Waals surface area contributed by atoms with Crippen molar-refractivity contribution in [1.29, 1.82) is 0 Å². The monoisotopic (exact) mass is 295 g/mol. The molecule has 0 saturated heterocycles. The minimum Gasteiger partial charge on any atom is -0.346 e. The third kappa shape index (κ3) is 2.92. The number of H-pyrrole nitrogens is 1. The highest BCUT2D eigenvalue weighted by Crippen LogP contribution is 2.19. The number of benzene rings is 2. The summed E-state index contributed by atoms with van der Waals surface area (Å²) in [5, 5.41) is 5.18. The summed E-state index contributed by atoms with van der Waals surface area (Å²) in [4.78, 5) is 17.1. The van der Waals surface area contributed by atoms with Gasteiger partial charge in [-0.15, -0.1) is 0 Å². The molecule has 3 aromatic rings. The smallest absolute Gasteiger partial charge is 0.258 e. The van der Waals surface area contributed by atoms with E-state index >= 15 is 0 Å². The second kappa shape index (κ2) is 6.12. The predicted octanol–water partition coefficient (Wildman–Crippen LogP) is 0.681. The molecule has 0 fully saturated rings. The summed E-state index contributed by atoms with van der Waals surface area (Å²) >= 11 is 0. The van der Waals surface area contributed by atoms with Gasteiger partial charge in [0.1, 0.15) is 5.56 Å². The number of hydrogen-bond donors (Lipinski definition) is 2. The van der Waals surface area contributed by atoms with Gasteiger partial charge in [-0.1, -0.05) is 18.2 Å². The van der Waals surface area contributed by atoms with Gasteiger partial charge in [-0.25, -0.2) is 4.98 Å². The lowest BCUT2D eigenvalue weighted by atomic mass is 10.1. The molecule has 1 aromatic heterocycles. The van der Waals surface area contributed by atoms with Crippen LogP contribution >= 0.6 is 0 Å². The van der Waals surface area contributed by atoms with Crippen molar-refractivity contribution in [3.8, 4) is 0 Å². The Hall–Kier alpha value is -2.46. The Balaban J connectivity index is 1.98. The van der Waals surface area contributed by atoms with Crippen LogP contribution in [-0.4, -0.2) is 33.1 Å². The molecule has 112 valence electrons. The topological polar surface area (TPSA) is 47.7 Å². The maximum atomic E-state index is 12.4. The SMILES string of the molecule is C[NH+](C)CCNC(=O)c1cccc2cc3ccccc3[nH+]c12. The molecule has 2 aromatic carbocycles. The molecule has 0 atom stereocenters. The maximum Gasteiger partial charge on any atom is 0.258 e. The van der Waals surface area contributed by atoms with Gasteiger partial charge >= 0.3 is 0 Å². The fourth-order valence-electron chi connectivity index (χ4n) is 2.58. The zero-order valence-corrected chi connectivity index (χ0v) is 12.9. The number of amides is 1. The number of fused-ring (bicyclic) bond motifs is 2. The first kappa shape index (κ1) is 14.5. The van der Waals surface area contributed by atoms with Crippen LogP contribution in [0.25, 0.3) is 21.8 Å². The third-order valence-corrected chi connectivity index (χ3v) is 3.78. The Morgan fingerprint density at radius 3 is 2.68 bits per heavy atom. The lowest BCUT2D eigenvalue weighted by molar-refractivity contribution is -0.856. The molecular weight excluding hydrogens is 274 g/mol. The Kier molecular flexibility index (Phi) is 4.02. The zero-order chi connectivity index (χ0) is 15.5. The molecule has 22 heavy (non-hydrogen) atoms. The number of hydrogen-bond acceptors (Lipinski definition) is 1. The van der Waals surface area contributed by atoms with Crippen molar-refractivity contribution in [2.24, 2.45) is 0 Å². The van der Waals surface area contributed by atoms with Crippen molar-refractivity contribution in [3.63, 3.8) is 0 Å². The van der Waals surface area contributed by atoms with Crippen LogP contribution in [0.15, 0.2) is 48.5 Å². The summed E-state index contributed by atoms with van der Waals surface area (Å²) < 4.78 is 0. The number of para-hydroxylation sites is 2. The maximum absolute atomic E-state index is 12.4. The van der Waals surface area contributed by atoms with Crippen molar-refractivity contribution in [1.82, 2.24) is 5.32 Å². The van der Waals surface area contributed by atoms with Gasteiger partial charge in [0.25, 0.3) is 5.91 Å². The summed E-state index contributed by atoms with van der Waals surface area (Å²) in [5.41, 5.74) is 2.61. The van der Waals surface area contributed by atoms with Crippen molar-refractivity contribution < 1.29 is 14.7 Å². The zero-order valence-electron chi connectivity index (χ0n) is 12.9. The van der Waals surface area contributed by atoms with Gasteiger partial charge in [0.05, 0.1) is 27.2 Å². The number of carbonyl (C=O) groups excluding carboxylic acids is 1. The van der Waals surface area contributed by atoms with E-state index in [0.29, 0.717) is 12.1 Å². The van der Waals surface area contributed by atoms with Gasteiger partial charge in [0, 0.05) is 16.8 Å². The van der Waals surface area contributed by atoms with Crippen LogP contribution < -0.4 is 15.2 Å². The number of likely N-dealkylation sites (N-methyl/N-ethyl adjacent to an activating group) is 1. The molecule has 1 heterocycles. The third-order valence-electron chi connectivity index (χ3n) is 3.78.